The van der Waals surface area contributed by atoms with Gasteiger partial charge in [0.15, 0.2) is 6.29 Å². The molecule has 8 nitrogen and oxygen atoms in total. The summed E-state index contributed by atoms with van der Waals surface area (Å²) < 4.78 is 18.4. The molecule has 188 valence electrons. The van der Waals surface area contributed by atoms with Gasteiger partial charge in [-0.05, 0) is 35.4 Å². The number of aliphatic hydroxyl groups is 1. The topological polar surface area (TPSA) is 93.2 Å². The van der Waals surface area contributed by atoms with E-state index in [1.807, 2.05) is 48.5 Å². The van der Waals surface area contributed by atoms with Crippen molar-refractivity contribution >= 4 is 11.6 Å². The molecule has 8 heteroatoms. The number of rotatable bonds is 7. The Labute approximate surface area is 210 Å². The molecular weight excluding hydrogens is 458 g/mol. The summed E-state index contributed by atoms with van der Waals surface area (Å²) >= 11 is 0. The van der Waals surface area contributed by atoms with Gasteiger partial charge in [-0.3, -0.25) is 14.7 Å². The highest BCUT2D eigenvalue weighted by atomic mass is 16.7. The van der Waals surface area contributed by atoms with Crippen LogP contribution in [-0.2, 0) is 20.8 Å². The zero-order valence-corrected chi connectivity index (χ0v) is 20.1. The molecule has 0 saturated carbocycles. The summed E-state index contributed by atoms with van der Waals surface area (Å²) in [4.78, 5) is 19.0. The van der Waals surface area contributed by atoms with Gasteiger partial charge in [0.25, 0.3) is 5.91 Å². The maximum absolute atomic E-state index is 12.6. The molecule has 2 fully saturated rings. The number of carbonyl (C=O) groups excluding carboxylic acids is 1. The molecule has 0 bridgehead atoms. The zero-order chi connectivity index (χ0) is 24.7. The van der Waals surface area contributed by atoms with E-state index in [2.05, 4.69) is 15.2 Å². The third-order valence-corrected chi connectivity index (χ3v) is 6.52. The second-order valence-electron chi connectivity index (χ2n) is 9.08. The predicted molar refractivity (Wildman–Crippen MR) is 134 cm³/mol. The number of aromatic nitrogens is 1. The van der Waals surface area contributed by atoms with Crippen LogP contribution in [0.4, 0.5) is 5.69 Å². The van der Waals surface area contributed by atoms with Gasteiger partial charge in [0, 0.05) is 49.7 Å². The van der Waals surface area contributed by atoms with Crippen LogP contribution in [0.3, 0.4) is 0 Å². The minimum absolute atomic E-state index is 0.00868. The molecule has 2 aromatic carbocycles. The standard InChI is InChI=1S/C28H31N3O5/c32-19-20-6-8-21(9-7-20)26-16-25(18-31-11-13-34-14-12-31)35-28(36-26)22-3-1-5-24(15-22)30-27(33)23-4-2-10-29-17-23/h1-10,15,17,25-26,28,32H,11-14,16,18-19H2,(H,30,33)/t25-,26+,28+/m1/s1. The number of ether oxygens (including phenoxy) is 3. The minimum Gasteiger partial charge on any atom is -0.392 e. The van der Waals surface area contributed by atoms with Crippen LogP contribution in [0.5, 0.6) is 0 Å². The van der Waals surface area contributed by atoms with Gasteiger partial charge in [0.1, 0.15) is 0 Å². The normalized spacial score (nSPS) is 22.8. The van der Waals surface area contributed by atoms with Gasteiger partial charge in [-0.1, -0.05) is 36.4 Å². The average molecular weight is 490 g/mol. The van der Waals surface area contributed by atoms with Crippen molar-refractivity contribution in [3.05, 3.63) is 95.3 Å². The highest BCUT2D eigenvalue weighted by Crippen LogP contribution is 2.38. The average Bonchev–Trinajstić information content (AvgIpc) is 2.94. The molecule has 2 N–H and O–H groups in total. The molecule has 0 unspecified atom stereocenters. The van der Waals surface area contributed by atoms with Crippen LogP contribution in [0.15, 0.2) is 73.1 Å². The fourth-order valence-electron chi connectivity index (χ4n) is 4.57. The number of nitrogens with zero attached hydrogens (tertiary/aromatic N) is 2. The summed E-state index contributed by atoms with van der Waals surface area (Å²) in [6.45, 7) is 4.05. The number of nitrogens with one attached hydrogen (secondary N) is 1. The molecule has 1 aromatic heterocycles. The van der Waals surface area contributed by atoms with Crippen molar-refractivity contribution in [2.45, 2.75) is 31.5 Å². The van der Waals surface area contributed by atoms with Gasteiger partial charge in [0.05, 0.1) is 37.6 Å². The Bertz CT molecular complexity index is 1140. The number of pyridine rings is 1. The molecule has 1 amide bonds. The van der Waals surface area contributed by atoms with Crippen molar-refractivity contribution < 1.29 is 24.1 Å². The lowest BCUT2D eigenvalue weighted by atomic mass is 9.99. The lowest BCUT2D eigenvalue weighted by Gasteiger charge is -2.39. The summed E-state index contributed by atoms with van der Waals surface area (Å²) in [5.41, 5.74) is 3.90. The minimum atomic E-state index is -0.581. The first-order valence-corrected chi connectivity index (χ1v) is 12.3. The Morgan fingerprint density at radius 3 is 2.61 bits per heavy atom. The van der Waals surface area contributed by atoms with E-state index in [4.69, 9.17) is 14.2 Å². The summed E-state index contributed by atoms with van der Waals surface area (Å²) in [6, 6.07) is 18.9. The summed E-state index contributed by atoms with van der Waals surface area (Å²) in [5, 5.41) is 12.3. The maximum atomic E-state index is 12.6. The Morgan fingerprint density at radius 2 is 1.86 bits per heavy atom. The van der Waals surface area contributed by atoms with Crippen LogP contribution < -0.4 is 5.32 Å². The van der Waals surface area contributed by atoms with E-state index >= 15 is 0 Å². The second-order valence-corrected chi connectivity index (χ2v) is 9.08. The zero-order valence-electron chi connectivity index (χ0n) is 20.1. The molecule has 3 atom stereocenters. The van der Waals surface area contributed by atoms with Crippen LogP contribution in [-0.4, -0.2) is 59.8 Å². The molecule has 2 aliphatic heterocycles. The third-order valence-electron chi connectivity index (χ3n) is 6.52. The van der Waals surface area contributed by atoms with E-state index in [1.165, 1.54) is 6.20 Å². The molecular formula is C28H31N3O5. The van der Waals surface area contributed by atoms with Gasteiger partial charge in [-0.15, -0.1) is 0 Å². The molecule has 0 aliphatic carbocycles. The maximum Gasteiger partial charge on any atom is 0.257 e. The van der Waals surface area contributed by atoms with E-state index in [9.17, 15) is 9.90 Å². The largest absolute Gasteiger partial charge is 0.392 e. The summed E-state index contributed by atoms with van der Waals surface area (Å²) in [7, 11) is 0. The summed E-state index contributed by atoms with van der Waals surface area (Å²) in [6.07, 6.45) is 3.13. The van der Waals surface area contributed by atoms with E-state index in [0.29, 0.717) is 11.3 Å². The van der Waals surface area contributed by atoms with Crippen LogP contribution in [0, 0.1) is 0 Å². The number of aliphatic hydroxyl groups excluding tert-OH is 1. The predicted octanol–water partition coefficient (Wildman–Crippen LogP) is 3.70. The highest BCUT2D eigenvalue weighted by Gasteiger charge is 2.33. The molecule has 36 heavy (non-hydrogen) atoms. The molecule has 3 aromatic rings. The number of carbonyl (C=O) groups is 1. The third kappa shape index (κ3) is 6.16. The number of morpholine rings is 1. The van der Waals surface area contributed by atoms with Crippen LogP contribution in [0.2, 0.25) is 0 Å². The highest BCUT2D eigenvalue weighted by molar-refractivity contribution is 6.04. The summed E-state index contributed by atoms with van der Waals surface area (Å²) in [5.74, 6) is -0.224. The van der Waals surface area contributed by atoms with Gasteiger partial charge in [-0.25, -0.2) is 0 Å². The lowest BCUT2D eigenvalue weighted by molar-refractivity contribution is -0.253. The Balaban J connectivity index is 1.35. The van der Waals surface area contributed by atoms with Crippen molar-refractivity contribution in [1.29, 1.82) is 0 Å². The number of benzene rings is 2. The van der Waals surface area contributed by atoms with Crippen molar-refractivity contribution in [2.75, 3.05) is 38.2 Å². The van der Waals surface area contributed by atoms with Crippen molar-refractivity contribution in [3.8, 4) is 0 Å². The van der Waals surface area contributed by atoms with E-state index in [0.717, 1.165) is 56.0 Å². The fraction of sp³-hybridized carbons (Fsp3) is 0.357. The quantitative estimate of drug-likeness (QED) is 0.523. The molecule has 2 saturated heterocycles. The molecule has 2 aliphatic rings. The SMILES string of the molecule is O=C(Nc1cccc([C@H]2O[C@@H](CN3CCOCC3)C[C@@H](c3ccc(CO)cc3)O2)c1)c1cccnc1. The van der Waals surface area contributed by atoms with Crippen LogP contribution >= 0.6 is 0 Å². The molecule has 3 heterocycles. The van der Waals surface area contributed by atoms with Crippen molar-refractivity contribution in [3.63, 3.8) is 0 Å². The van der Waals surface area contributed by atoms with Gasteiger partial charge < -0.3 is 24.6 Å². The van der Waals surface area contributed by atoms with Crippen molar-refractivity contribution in [1.82, 2.24) is 9.88 Å². The Kier molecular flexibility index (Phi) is 8.00. The Morgan fingerprint density at radius 1 is 1.03 bits per heavy atom. The smallest absolute Gasteiger partial charge is 0.257 e. The number of hydrogen-bond acceptors (Lipinski definition) is 7. The monoisotopic (exact) mass is 489 g/mol. The molecule has 5 rings (SSSR count). The second kappa shape index (κ2) is 11.7. The molecule has 0 radical (unpaired) electrons. The Hall–Kier alpha value is -3.14. The van der Waals surface area contributed by atoms with Crippen LogP contribution in [0.1, 0.15) is 45.9 Å². The fourth-order valence-corrected chi connectivity index (χ4v) is 4.57. The number of hydrogen-bond donors (Lipinski definition) is 2. The van der Waals surface area contributed by atoms with E-state index in [-0.39, 0.29) is 24.7 Å². The first-order chi connectivity index (χ1) is 17.7. The first-order valence-electron chi connectivity index (χ1n) is 12.3. The first kappa shape index (κ1) is 24.5. The lowest BCUT2D eigenvalue weighted by Crippen LogP contribution is -2.44. The van der Waals surface area contributed by atoms with Crippen LogP contribution in [0.25, 0.3) is 0 Å². The number of amides is 1. The van der Waals surface area contributed by atoms with Gasteiger partial charge in [0.2, 0.25) is 0 Å². The molecule has 0 spiro atoms. The van der Waals surface area contributed by atoms with Gasteiger partial charge >= 0.3 is 0 Å². The van der Waals surface area contributed by atoms with Crippen molar-refractivity contribution in [2.24, 2.45) is 0 Å². The van der Waals surface area contributed by atoms with E-state index < -0.39 is 6.29 Å². The number of anilines is 1. The van der Waals surface area contributed by atoms with Gasteiger partial charge in [-0.2, -0.15) is 0 Å². The van der Waals surface area contributed by atoms with E-state index in [1.54, 1.807) is 18.3 Å².